The van der Waals surface area contributed by atoms with E-state index in [0.29, 0.717) is 24.7 Å². The molecular formula is C26H24ClFN2O3. The zero-order valence-electron chi connectivity index (χ0n) is 18.3. The summed E-state index contributed by atoms with van der Waals surface area (Å²) >= 11 is 6.08. The van der Waals surface area contributed by atoms with Gasteiger partial charge >= 0.3 is 0 Å². The summed E-state index contributed by atoms with van der Waals surface area (Å²) in [5.74, 6) is 0.224. The maximum absolute atomic E-state index is 13.4. The van der Waals surface area contributed by atoms with Gasteiger partial charge in [0.25, 0.3) is 5.91 Å². The normalized spacial score (nSPS) is 11.9. The molecule has 0 saturated carbocycles. The van der Waals surface area contributed by atoms with Gasteiger partial charge in [-0.15, -0.1) is 0 Å². The molecule has 0 aliphatic heterocycles. The minimum atomic E-state index is -0.491. The Kier molecular flexibility index (Phi) is 6.84. The Balaban J connectivity index is 1.70. The van der Waals surface area contributed by atoms with E-state index in [-0.39, 0.29) is 22.4 Å². The van der Waals surface area contributed by atoms with Crippen LogP contribution in [0.2, 0.25) is 5.02 Å². The minimum Gasteiger partial charge on any atom is -0.493 e. The number of halogens is 2. The average molecular weight is 467 g/mol. The van der Waals surface area contributed by atoms with Crippen LogP contribution < -0.4 is 14.8 Å². The molecule has 7 heteroatoms. The number of carbonyl (C=O) groups excluding carboxylic acids is 1. The number of methoxy groups -OCH3 is 1. The Bertz CT molecular complexity index is 1290. The van der Waals surface area contributed by atoms with Gasteiger partial charge in [0.15, 0.2) is 11.5 Å². The summed E-state index contributed by atoms with van der Waals surface area (Å²) in [6.45, 7) is 2.74. The molecule has 1 aromatic heterocycles. The average Bonchev–Trinajstić information content (AvgIpc) is 3.24. The van der Waals surface area contributed by atoms with Gasteiger partial charge in [0, 0.05) is 29.6 Å². The number of amides is 1. The van der Waals surface area contributed by atoms with Crippen molar-refractivity contribution in [2.24, 2.45) is 0 Å². The number of hydrogen-bond acceptors (Lipinski definition) is 3. The summed E-state index contributed by atoms with van der Waals surface area (Å²) in [5, 5.41) is 4.08. The largest absolute Gasteiger partial charge is 0.493 e. The first-order valence-electron chi connectivity index (χ1n) is 10.6. The SMILES string of the molecule is CCOc1ccc(C(CNC(=O)c2ccc(F)cc2Cl)c2c[nH]c3ccccc23)cc1OC. The molecule has 2 N–H and O–H groups in total. The number of ether oxygens (including phenoxy) is 2. The van der Waals surface area contributed by atoms with Gasteiger partial charge in [-0.05, 0) is 54.4 Å². The predicted molar refractivity (Wildman–Crippen MR) is 128 cm³/mol. The zero-order valence-corrected chi connectivity index (χ0v) is 19.1. The van der Waals surface area contributed by atoms with E-state index in [9.17, 15) is 9.18 Å². The van der Waals surface area contributed by atoms with Crippen molar-refractivity contribution in [1.82, 2.24) is 10.3 Å². The lowest BCUT2D eigenvalue weighted by Crippen LogP contribution is -2.29. The van der Waals surface area contributed by atoms with Crippen molar-refractivity contribution < 1.29 is 18.7 Å². The molecule has 0 bridgehead atoms. The van der Waals surface area contributed by atoms with Crippen LogP contribution in [0, 0.1) is 5.82 Å². The lowest BCUT2D eigenvalue weighted by Gasteiger charge is -2.20. The lowest BCUT2D eigenvalue weighted by molar-refractivity contribution is 0.0952. The van der Waals surface area contributed by atoms with Crippen molar-refractivity contribution >= 4 is 28.4 Å². The second-order valence-electron chi connectivity index (χ2n) is 7.52. The molecule has 1 amide bonds. The number of rotatable bonds is 8. The van der Waals surface area contributed by atoms with Crippen molar-refractivity contribution in [2.45, 2.75) is 12.8 Å². The maximum Gasteiger partial charge on any atom is 0.252 e. The van der Waals surface area contributed by atoms with Crippen LogP contribution in [0.25, 0.3) is 10.9 Å². The number of H-pyrrole nitrogens is 1. The Labute approximate surface area is 196 Å². The number of benzene rings is 3. The van der Waals surface area contributed by atoms with Gasteiger partial charge in [-0.2, -0.15) is 0 Å². The molecule has 0 aliphatic rings. The maximum atomic E-state index is 13.4. The molecule has 0 spiro atoms. The number of para-hydroxylation sites is 1. The number of hydrogen-bond donors (Lipinski definition) is 2. The monoisotopic (exact) mass is 466 g/mol. The summed E-state index contributed by atoms with van der Waals surface area (Å²) in [6.07, 6.45) is 1.95. The van der Waals surface area contributed by atoms with Crippen molar-refractivity contribution in [1.29, 1.82) is 0 Å². The van der Waals surface area contributed by atoms with E-state index >= 15 is 0 Å². The van der Waals surface area contributed by atoms with Crippen LogP contribution >= 0.6 is 11.6 Å². The third-order valence-electron chi connectivity index (χ3n) is 5.53. The van der Waals surface area contributed by atoms with Crippen LogP contribution in [0.15, 0.2) is 66.9 Å². The summed E-state index contributed by atoms with van der Waals surface area (Å²) in [5.41, 5.74) is 3.20. The van der Waals surface area contributed by atoms with Gasteiger partial charge in [-0.1, -0.05) is 35.9 Å². The van der Waals surface area contributed by atoms with E-state index in [2.05, 4.69) is 10.3 Å². The van der Waals surface area contributed by atoms with E-state index in [1.807, 2.05) is 55.6 Å². The molecular weight excluding hydrogens is 443 g/mol. The number of carbonyl (C=O) groups is 1. The Morgan fingerprint density at radius 2 is 1.94 bits per heavy atom. The molecule has 5 nitrogen and oxygen atoms in total. The molecule has 1 heterocycles. The van der Waals surface area contributed by atoms with Gasteiger partial charge in [-0.3, -0.25) is 4.79 Å². The number of fused-ring (bicyclic) bond motifs is 1. The van der Waals surface area contributed by atoms with E-state index in [0.717, 1.165) is 28.1 Å². The summed E-state index contributed by atoms with van der Waals surface area (Å²) in [6, 6.07) is 17.5. The lowest BCUT2D eigenvalue weighted by atomic mass is 9.90. The van der Waals surface area contributed by atoms with E-state index < -0.39 is 5.82 Å². The number of aromatic nitrogens is 1. The van der Waals surface area contributed by atoms with Crippen LogP contribution in [-0.4, -0.2) is 31.2 Å². The van der Waals surface area contributed by atoms with Gasteiger partial charge < -0.3 is 19.8 Å². The van der Waals surface area contributed by atoms with Gasteiger partial charge in [0.2, 0.25) is 0 Å². The highest BCUT2D eigenvalue weighted by molar-refractivity contribution is 6.33. The molecule has 4 aromatic rings. The quantitative estimate of drug-likeness (QED) is 0.338. The molecule has 0 radical (unpaired) electrons. The Morgan fingerprint density at radius 1 is 1.12 bits per heavy atom. The first-order chi connectivity index (χ1) is 16.0. The van der Waals surface area contributed by atoms with E-state index in [4.69, 9.17) is 21.1 Å². The summed E-state index contributed by atoms with van der Waals surface area (Å²) in [7, 11) is 1.60. The highest BCUT2D eigenvalue weighted by Crippen LogP contribution is 2.36. The molecule has 33 heavy (non-hydrogen) atoms. The van der Waals surface area contributed by atoms with Crippen molar-refractivity contribution in [2.75, 3.05) is 20.3 Å². The van der Waals surface area contributed by atoms with Crippen molar-refractivity contribution in [3.05, 3.63) is 94.4 Å². The van der Waals surface area contributed by atoms with Gasteiger partial charge in [-0.25, -0.2) is 4.39 Å². The Morgan fingerprint density at radius 3 is 2.70 bits per heavy atom. The summed E-state index contributed by atoms with van der Waals surface area (Å²) < 4.78 is 24.6. The highest BCUT2D eigenvalue weighted by atomic mass is 35.5. The molecule has 1 atom stereocenters. The molecule has 3 aromatic carbocycles. The van der Waals surface area contributed by atoms with Crippen molar-refractivity contribution in [3.63, 3.8) is 0 Å². The fourth-order valence-electron chi connectivity index (χ4n) is 3.93. The fourth-order valence-corrected chi connectivity index (χ4v) is 4.18. The third kappa shape index (κ3) is 4.81. The third-order valence-corrected chi connectivity index (χ3v) is 5.84. The van der Waals surface area contributed by atoms with Gasteiger partial charge in [0.05, 0.1) is 24.3 Å². The standard InChI is InChI=1S/C26H24ClFN2O3/c1-3-33-24-11-8-16(12-25(24)32-2)20(21-15-29-23-7-5-4-6-18(21)23)14-30-26(31)19-10-9-17(28)13-22(19)27/h4-13,15,20,29H,3,14H2,1-2H3,(H,30,31). The van der Waals surface area contributed by atoms with Crippen LogP contribution in [0.5, 0.6) is 11.5 Å². The molecule has 170 valence electrons. The Hall–Kier alpha value is -3.51. The predicted octanol–water partition coefficient (Wildman–Crippen LogP) is 5.93. The topological polar surface area (TPSA) is 63.3 Å². The highest BCUT2D eigenvalue weighted by Gasteiger charge is 2.22. The molecule has 0 aliphatic carbocycles. The first-order valence-corrected chi connectivity index (χ1v) is 11.0. The smallest absolute Gasteiger partial charge is 0.252 e. The second kappa shape index (κ2) is 9.96. The molecule has 1 unspecified atom stereocenters. The second-order valence-corrected chi connectivity index (χ2v) is 7.93. The molecule has 0 fully saturated rings. The van der Waals surface area contributed by atoms with Crippen LogP contribution in [0.3, 0.4) is 0 Å². The minimum absolute atomic E-state index is 0.0684. The van der Waals surface area contributed by atoms with Crippen LogP contribution in [-0.2, 0) is 0 Å². The number of aromatic amines is 1. The number of nitrogens with one attached hydrogen (secondary N) is 2. The molecule has 0 saturated heterocycles. The van der Waals surface area contributed by atoms with Gasteiger partial charge in [0.1, 0.15) is 5.82 Å². The zero-order chi connectivity index (χ0) is 23.4. The van der Waals surface area contributed by atoms with Crippen molar-refractivity contribution in [3.8, 4) is 11.5 Å². The van der Waals surface area contributed by atoms with E-state index in [1.54, 1.807) is 7.11 Å². The molecule has 4 rings (SSSR count). The fraction of sp³-hybridized carbons (Fsp3) is 0.192. The van der Waals surface area contributed by atoms with E-state index in [1.165, 1.54) is 12.1 Å². The van der Waals surface area contributed by atoms with Crippen LogP contribution in [0.4, 0.5) is 4.39 Å². The summed E-state index contributed by atoms with van der Waals surface area (Å²) in [4.78, 5) is 16.1. The first kappa shape index (κ1) is 22.7. The van der Waals surface area contributed by atoms with Crippen LogP contribution in [0.1, 0.15) is 34.3 Å².